The number of rotatable bonds is 0. The topological polar surface area (TPSA) is 9.23 Å². The first-order valence-corrected chi connectivity index (χ1v) is 2.60. The van der Waals surface area contributed by atoms with E-state index in [1.807, 2.05) is 0 Å². The first-order chi connectivity index (χ1) is 4.50. The van der Waals surface area contributed by atoms with Crippen LogP contribution in [0.4, 0.5) is 13.2 Å². The van der Waals surface area contributed by atoms with Crippen LogP contribution >= 0.6 is 0 Å². The molecule has 0 saturated carbocycles. The summed E-state index contributed by atoms with van der Waals surface area (Å²) < 4.78 is 39.4. The molecule has 0 amide bonds. The van der Waals surface area contributed by atoms with Gasteiger partial charge < -0.3 is 4.74 Å². The predicted molar refractivity (Wildman–Crippen MR) is 29.2 cm³/mol. The Labute approximate surface area is 55.8 Å². The Balaban J connectivity index is 2.63. The van der Waals surface area contributed by atoms with Crippen LogP contribution in [-0.4, -0.2) is 12.3 Å². The third kappa shape index (κ3) is 1.32. The van der Waals surface area contributed by atoms with E-state index in [0.29, 0.717) is 0 Å². The normalized spacial score (nSPS) is 25.1. The summed E-state index contributed by atoms with van der Waals surface area (Å²) >= 11 is 0. The summed E-state index contributed by atoms with van der Waals surface area (Å²) in [6, 6.07) is 0. The Bertz CT molecular complexity index is 180. The second kappa shape index (κ2) is 2.04. The van der Waals surface area contributed by atoms with Crippen molar-refractivity contribution in [2.24, 2.45) is 0 Å². The van der Waals surface area contributed by atoms with Crippen molar-refractivity contribution in [3.05, 3.63) is 24.5 Å². The van der Waals surface area contributed by atoms with E-state index in [0.717, 1.165) is 6.08 Å². The number of alkyl halides is 3. The van der Waals surface area contributed by atoms with E-state index in [4.69, 9.17) is 0 Å². The molecule has 1 atom stereocenters. The standard InChI is InChI=1S/C6H5F3O/c1-4-2-3-5(10-4)6(7,8)9/h2-3,5H,1H2. The minimum absolute atomic E-state index is 0.0577. The quantitative estimate of drug-likeness (QED) is 0.513. The van der Waals surface area contributed by atoms with Crippen LogP contribution < -0.4 is 0 Å². The molecule has 56 valence electrons. The fourth-order valence-electron chi connectivity index (χ4n) is 0.612. The van der Waals surface area contributed by atoms with E-state index in [-0.39, 0.29) is 5.76 Å². The molecular weight excluding hydrogens is 145 g/mol. The monoisotopic (exact) mass is 150 g/mol. The zero-order chi connectivity index (χ0) is 7.78. The van der Waals surface area contributed by atoms with Gasteiger partial charge in [0.1, 0.15) is 5.76 Å². The fourth-order valence-corrected chi connectivity index (χ4v) is 0.612. The summed E-state index contributed by atoms with van der Waals surface area (Å²) in [6.07, 6.45) is -3.96. The van der Waals surface area contributed by atoms with Crippen molar-refractivity contribution < 1.29 is 17.9 Å². The molecule has 10 heavy (non-hydrogen) atoms. The smallest absolute Gasteiger partial charge is 0.429 e. The molecule has 1 nitrogen and oxygen atoms in total. The lowest BCUT2D eigenvalue weighted by Crippen LogP contribution is -2.26. The molecule has 1 heterocycles. The van der Waals surface area contributed by atoms with Crippen LogP contribution in [0.1, 0.15) is 0 Å². The molecule has 0 saturated heterocycles. The molecule has 0 spiro atoms. The van der Waals surface area contributed by atoms with Crippen molar-refractivity contribution in [3.63, 3.8) is 0 Å². The number of hydrogen-bond donors (Lipinski definition) is 0. The van der Waals surface area contributed by atoms with Gasteiger partial charge in [-0.3, -0.25) is 0 Å². The molecule has 1 rings (SSSR count). The van der Waals surface area contributed by atoms with Gasteiger partial charge in [0.05, 0.1) is 0 Å². The van der Waals surface area contributed by atoms with Crippen LogP contribution in [-0.2, 0) is 4.74 Å². The van der Waals surface area contributed by atoms with E-state index in [1.54, 1.807) is 0 Å². The number of allylic oxidation sites excluding steroid dienone is 1. The lowest BCUT2D eigenvalue weighted by molar-refractivity contribution is -0.188. The molecule has 1 unspecified atom stereocenters. The second-order valence-electron chi connectivity index (χ2n) is 1.91. The number of halogens is 3. The van der Waals surface area contributed by atoms with E-state index < -0.39 is 12.3 Å². The maximum atomic E-state index is 11.7. The second-order valence-corrected chi connectivity index (χ2v) is 1.91. The van der Waals surface area contributed by atoms with Crippen molar-refractivity contribution in [1.29, 1.82) is 0 Å². The summed E-state index contributed by atoms with van der Waals surface area (Å²) in [4.78, 5) is 0. The molecule has 0 aromatic rings. The lowest BCUT2D eigenvalue weighted by atomic mass is 10.3. The molecule has 1 aliphatic heterocycles. The zero-order valence-corrected chi connectivity index (χ0v) is 4.98. The van der Waals surface area contributed by atoms with Crippen molar-refractivity contribution in [2.45, 2.75) is 12.3 Å². The van der Waals surface area contributed by atoms with Gasteiger partial charge in [-0.05, 0) is 12.2 Å². The Kier molecular flexibility index (Phi) is 1.46. The molecule has 0 bridgehead atoms. The van der Waals surface area contributed by atoms with Crippen LogP contribution in [0.25, 0.3) is 0 Å². The summed E-state index contributed by atoms with van der Waals surface area (Å²) in [6.45, 7) is 3.21. The molecule has 0 radical (unpaired) electrons. The van der Waals surface area contributed by atoms with Crippen molar-refractivity contribution in [1.82, 2.24) is 0 Å². The third-order valence-corrected chi connectivity index (χ3v) is 1.06. The fraction of sp³-hybridized carbons (Fsp3) is 0.333. The molecule has 1 aliphatic rings. The minimum Gasteiger partial charge on any atom is -0.477 e. The van der Waals surface area contributed by atoms with Crippen LogP contribution in [0.2, 0.25) is 0 Å². The molecule has 0 fully saturated rings. The largest absolute Gasteiger partial charge is 0.477 e. The average molecular weight is 150 g/mol. The van der Waals surface area contributed by atoms with Gasteiger partial charge in [0.2, 0.25) is 6.10 Å². The highest BCUT2D eigenvalue weighted by molar-refractivity contribution is 5.17. The van der Waals surface area contributed by atoms with E-state index in [2.05, 4.69) is 11.3 Å². The first-order valence-electron chi connectivity index (χ1n) is 2.60. The SMILES string of the molecule is C=C1C=CC(C(F)(F)F)O1. The van der Waals surface area contributed by atoms with Crippen molar-refractivity contribution in [2.75, 3.05) is 0 Å². The summed E-state index contributed by atoms with van der Waals surface area (Å²) in [5.41, 5.74) is 0. The Morgan fingerprint density at radius 2 is 2.10 bits per heavy atom. The summed E-state index contributed by atoms with van der Waals surface area (Å²) in [5, 5.41) is 0. The Hall–Kier alpha value is -0.930. The van der Waals surface area contributed by atoms with Gasteiger partial charge in [-0.15, -0.1) is 0 Å². The molecule has 4 heteroatoms. The molecule has 0 aliphatic carbocycles. The van der Waals surface area contributed by atoms with Crippen LogP contribution in [0.5, 0.6) is 0 Å². The summed E-state index contributed by atoms with van der Waals surface area (Å²) in [5.74, 6) is 0.0577. The first kappa shape index (κ1) is 7.18. The maximum absolute atomic E-state index is 11.7. The van der Waals surface area contributed by atoms with Crippen LogP contribution in [0.15, 0.2) is 24.5 Å². The molecule has 0 aromatic heterocycles. The number of ether oxygens (including phenoxy) is 1. The van der Waals surface area contributed by atoms with Crippen LogP contribution in [0.3, 0.4) is 0 Å². The predicted octanol–water partition coefficient (Wildman–Crippen LogP) is 2.02. The van der Waals surface area contributed by atoms with Gasteiger partial charge in [-0.1, -0.05) is 6.58 Å². The van der Waals surface area contributed by atoms with Gasteiger partial charge in [-0.25, -0.2) is 0 Å². The molecule has 0 aromatic carbocycles. The Morgan fingerprint density at radius 1 is 1.50 bits per heavy atom. The van der Waals surface area contributed by atoms with Crippen molar-refractivity contribution in [3.8, 4) is 0 Å². The Morgan fingerprint density at radius 3 is 2.30 bits per heavy atom. The van der Waals surface area contributed by atoms with Gasteiger partial charge in [0.25, 0.3) is 0 Å². The van der Waals surface area contributed by atoms with E-state index in [1.165, 1.54) is 6.08 Å². The van der Waals surface area contributed by atoms with Gasteiger partial charge >= 0.3 is 6.18 Å². The number of hydrogen-bond acceptors (Lipinski definition) is 1. The average Bonchev–Trinajstić information content (AvgIpc) is 2.11. The van der Waals surface area contributed by atoms with Gasteiger partial charge in [0.15, 0.2) is 0 Å². The van der Waals surface area contributed by atoms with Crippen molar-refractivity contribution >= 4 is 0 Å². The molecular formula is C6H5F3O. The van der Waals surface area contributed by atoms with Gasteiger partial charge in [0, 0.05) is 0 Å². The molecule has 0 N–H and O–H groups in total. The van der Waals surface area contributed by atoms with E-state index >= 15 is 0 Å². The maximum Gasteiger partial charge on any atom is 0.429 e. The highest BCUT2D eigenvalue weighted by Crippen LogP contribution is 2.29. The highest BCUT2D eigenvalue weighted by atomic mass is 19.4. The highest BCUT2D eigenvalue weighted by Gasteiger charge is 2.41. The zero-order valence-electron chi connectivity index (χ0n) is 4.98. The van der Waals surface area contributed by atoms with Crippen LogP contribution in [0, 0.1) is 0 Å². The van der Waals surface area contributed by atoms with E-state index in [9.17, 15) is 13.2 Å². The lowest BCUT2D eigenvalue weighted by Gasteiger charge is -2.12. The van der Waals surface area contributed by atoms with Gasteiger partial charge in [-0.2, -0.15) is 13.2 Å². The third-order valence-electron chi connectivity index (χ3n) is 1.06. The summed E-state index contributed by atoms with van der Waals surface area (Å²) in [7, 11) is 0. The minimum atomic E-state index is -4.31.